The number of hydrogen-bond donors (Lipinski definition) is 3. The Morgan fingerprint density at radius 1 is 1.42 bits per heavy atom. The Kier molecular flexibility index (Phi) is 4.37. The first-order valence-electron chi connectivity index (χ1n) is 6.49. The van der Waals surface area contributed by atoms with E-state index in [4.69, 9.17) is 5.11 Å². The number of aromatic hydroxyl groups is 1. The normalized spacial score (nSPS) is 22.6. The van der Waals surface area contributed by atoms with Gasteiger partial charge in [0.15, 0.2) is 0 Å². The fourth-order valence-electron chi connectivity index (χ4n) is 2.69. The highest BCUT2D eigenvalue weighted by atomic mass is 19.1. The Labute approximate surface area is 111 Å². The van der Waals surface area contributed by atoms with Gasteiger partial charge in [0.1, 0.15) is 11.6 Å². The van der Waals surface area contributed by atoms with Gasteiger partial charge in [-0.05, 0) is 43.5 Å². The third kappa shape index (κ3) is 3.44. The number of hydrogen-bond acceptors (Lipinski definition) is 3. The lowest BCUT2D eigenvalue weighted by atomic mass is 9.96. The molecule has 19 heavy (non-hydrogen) atoms. The van der Waals surface area contributed by atoms with Gasteiger partial charge >= 0.3 is 5.97 Å². The first-order chi connectivity index (χ1) is 9.08. The second-order valence-corrected chi connectivity index (χ2v) is 5.04. The highest BCUT2D eigenvalue weighted by Gasteiger charge is 2.32. The Balaban J connectivity index is 1.86. The molecule has 0 aromatic heterocycles. The van der Waals surface area contributed by atoms with Gasteiger partial charge in [-0.25, -0.2) is 4.39 Å². The monoisotopic (exact) mass is 267 g/mol. The van der Waals surface area contributed by atoms with Gasteiger partial charge in [0.05, 0.1) is 5.92 Å². The summed E-state index contributed by atoms with van der Waals surface area (Å²) in [4.78, 5) is 11.0. The van der Waals surface area contributed by atoms with Crippen molar-refractivity contribution in [3.05, 3.63) is 29.6 Å². The number of halogens is 1. The van der Waals surface area contributed by atoms with Gasteiger partial charge in [-0.2, -0.15) is 0 Å². The third-order valence-electron chi connectivity index (χ3n) is 3.74. The zero-order valence-corrected chi connectivity index (χ0v) is 10.6. The van der Waals surface area contributed by atoms with Gasteiger partial charge < -0.3 is 15.5 Å². The molecule has 1 saturated carbocycles. The molecule has 4 nitrogen and oxygen atoms in total. The maximum absolute atomic E-state index is 13.0. The summed E-state index contributed by atoms with van der Waals surface area (Å²) in [6.07, 6.45) is 2.57. The van der Waals surface area contributed by atoms with Gasteiger partial charge in [-0.15, -0.1) is 0 Å². The van der Waals surface area contributed by atoms with E-state index in [0.29, 0.717) is 18.7 Å². The van der Waals surface area contributed by atoms with Crippen molar-refractivity contribution in [3.63, 3.8) is 0 Å². The van der Waals surface area contributed by atoms with E-state index in [-0.39, 0.29) is 23.4 Å². The van der Waals surface area contributed by atoms with E-state index in [1.165, 1.54) is 18.2 Å². The Morgan fingerprint density at radius 3 is 2.95 bits per heavy atom. The van der Waals surface area contributed by atoms with Crippen LogP contribution in [0, 0.1) is 17.7 Å². The van der Waals surface area contributed by atoms with E-state index in [2.05, 4.69) is 5.32 Å². The summed E-state index contributed by atoms with van der Waals surface area (Å²) in [6.45, 7) is 0.916. The van der Waals surface area contributed by atoms with Crippen molar-refractivity contribution in [3.8, 4) is 5.75 Å². The third-order valence-corrected chi connectivity index (χ3v) is 3.74. The molecule has 2 unspecified atom stereocenters. The molecule has 1 fully saturated rings. The molecule has 0 bridgehead atoms. The van der Waals surface area contributed by atoms with Crippen LogP contribution >= 0.6 is 0 Å². The molecule has 2 atom stereocenters. The number of benzene rings is 1. The first-order valence-corrected chi connectivity index (χ1v) is 6.49. The number of rotatable bonds is 5. The van der Waals surface area contributed by atoms with Crippen molar-refractivity contribution in [2.75, 3.05) is 6.54 Å². The van der Waals surface area contributed by atoms with Crippen LogP contribution in [-0.2, 0) is 11.3 Å². The molecule has 1 aromatic carbocycles. The van der Waals surface area contributed by atoms with Gasteiger partial charge in [-0.3, -0.25) is 4.79 Å². The van der Waals surface area contributed by atoms with E-state index in [0.717, 1.165) is 19.3 Å². The van der Waals surface area contributed by atoms with E-state index >= 15 is 0 Å². The van der Waals surface area contributed by atoms with Crippen LogP contribution in [-0.4, -0.2) is 22.7 Å². The highest BCUT2D eigenvalue weighted by molar-refractivity contribution is 5.70. The molecular weight excluding hydrogens is 249 g/mol. The van der Waals surface area contributed by atoms with Crippen LogP contribution in [0.25, 0.3) is 0 Å². The molecule has 3 N–H and O–H groups in total. The second kappa shape index (κ2) is 6.02. The number of nitrogens with one attached hydrogen (secondary N) is 1. The SMILES string of the molecule is O=C(O)C1CCCC1CNCc1cc(F)ccc1O. The van der Waals surface area contributed by atoms with Crippen molar-refractivity contribution >= 4 is 5.97 Å². The molecule has 1 aromatic rings. The van der Waals surface area contributed by atoms with Crippen molar-refractivity contribution < 1.29 is 19.4 Å². The van der Waals surface area contributed by atoms with Gasteiger partial charge in [0.2, 0.25) is 0 Å². The van der Waals surface area contributed by atoms with Crippen molar-refractivity contribution in [2.24, 2.45) is 11.8 Å². The number of phenols is 1. The lowest BCUT2D eigenvalue weighted by Crippen LogP contribution is -2.28. The summed E-state index contributed by atoms with van der Waals surface area (Å²) in [7, 11) is 0. The molecule has 0 saturated heterocycles. The Bertz CT molecular complexity index is 464. The lowest BCUT2D eigenvalue weighted by molar-refractivity contribution is -0.142. The Hall–Kier alpha value is -1.62. The minimum Gasteiger partial charge on any atom is -0.508 e. The van der Waals surface area contributed by atoms with E-state index in [1.54, 1.807) is 0 Å². The van der Waals surface area contributed by atoms with Crippen LogP contribution < -0.4 is 5.32 Å². The van der Waals surface area contributed by atoms with Crippen molar-refractivity contribution in [1.29, 1.82) is 0 Å². The van der Waals surface area contributed by atoms with Crippen LogP contribution in [0.15, 0.2) is 18.2 Å². The van der Waals surface area contributed by atoms with Crippen molar-refractivity contribution in [2.45, 2.75) is 25.8 Å². The van der Waals surface area contributed by atoms with Gasteiger partial charge in [-0.1, -0.05) is 6.42 Å². The van der Waals surface area contributed by atoms with Crippen LogP contribution in [0.2, 0.25) is 0 Å². The number of carboxylic acid groups (broad SMARTS) is 1. The molecule has 0 heterocycles. The standard InChI is InChI=1S/C14H18FNO3/c15-11-4-5-13(17)10(6-11)8-16-7-9-2-1-3-12(9)14(18)19/h4-6,9,12,16-17H,1-3,7-8H2,(H,18,19). The molecule has 0 spiro atoms. The molecule has 0 radical (unpaired) electrons. The second-order valence-electron chi connectivity index (χ2n) is 5.04. The molecule has 0 aliphatic heterocycles. The zero-order valence-electron chi connectivity index (χ0n) is 10.6. The maximum Gasteiger partial charge on any atom is 0.306 e. The van der Waals surface area contributed by atoms with Gasteiger partial charge in [0.25, 0.3) is 0 Å². The summed E-state index contributed by atoms with van der Waals surface area (Å²) in [6, 6.07) is 3.81. The van der Waals surface area contributed by atoms with Crippen LogP contribution in [0.4, 0.5) is 4.39 Å². The fourth-order valence-corrected chi connectivity index (χ4v) is 2.69. The number of phenolic OH excluding ortho intramolecular Hbond substituents is 1. The summed E-state index contributed by atoms with van der Waals surface area (Å²) < 4.78 is 13.0. The van der Waals surface area contributed by atoms with Crippen LogP contribution in [0.1, 0.15) is 24.8 Å². The highest BCUT2D eigenvalue weighted by Crippen LogP contribution is 2.31. The molecule has 1 aliphatic carbocycles. The molecular formula is C14H18FNO3. The van der Waals surface area contributed by atoms with E-state index in [9.17, 15) is 14.3 Å². The summed E-state index contributed by atoms with van der Waals surface area (Å²) in [5, 5.41) is 21.7. The quantitative estimate of drug-likeness (QED) is 0.764. The first kappa shape index (κ1) is 13.8. The predicted molar refractivity (Wildman–Crippen MR) is 68.2 cm³/mol. The van der Waals surface area contributed by atoms with Crippen LogP contribution in [0.5, 0.6) is 5.75 Å². The van der Waals surface area contributed by atoms with E-state index < -0.39 is 5.97 Å². The number of aliphatic carboxylic acids is 1. The molecule has 2 rings (SSSR count). The summed E-state index contributed by atoms with van der Waals surface area (Å²) in [5.74, 6) is -1.24. The average Bonchev–Trinajstić information content (AvgIpc) is 2.82. The smallest absolute Gasteiger partial charge is 0.306 e. The number of carbonyl (C=O) groups is 1. The maximum atomic E-state index is 13.0. The molecule has 1 aliphatic rings. The predicted octanol–water partition coefficient (Wildman–Crippen LogP) is 2.12. The Morgan fingerprint density at radius 2 is 2.21 bits per heavy atom. The zero-order chi connectivity index (χ0) is 13.8. The molecule has 0 amide bonds. The minimum absolute atomic E-state index is 0.0510. The topological polar surface area (TPSA) is 69.6 Å². The average molecular weight is 267 g/mol. The van der Waals surface area contributed by atoms with Crippen LogP contribution in [0.3, 0.4) is 0 Å². The fraction of sp³-hybridized carbons (Fsp3) is 0.500. The lowest BCUT2D eigenvalue weighted by Gasteiger charge is -2.16. The van der Waals surface area contributed by atoms with Crippen molar-refractivity contribution in [1.82, 2.24) is 5.32 Å². The molecule has 104 valence electrons. The summed E-state index contributed by atoms with van der Waals surface area (Å²) in [5.41, 5.74) is 0.491. The minimum atomic E-state index is -0.738. The largest absolute Gasteiger partial charge is 0.508 e. The van der Waals surface area contributed by atoms with Gasteiger partial charge in [0, 0.05) is 12.1 Å². The summed E-state index contributed by atoms with van der Waals surface area (Å²) >= 11 is 0. The molecule has 5 heteroatoms. The number of carboxylic acids is 1. The van der Waals surface area contributed by atoms with E-state index in [1.807, 2.05) is 0 Å².